The maximum atomic E-state index is 6.87. The summed E-state index contributed by atoms with van der Waals surface area (Å²) in [6, 6.07) is 54.2. The van der Waals surface area contributed by atoms with Gasteiger partial charge in [0.25, 0.3) is 6.71 Å². The van der Waals surface area contributed by atoms with E-state index >= 15 is 0 Å². The molecule has 0 radical (unpaired) electrons. The lowest BCUT2D eigenvalue weighted by Gasteiger charge is -2.34. The summed E-state index contributed by atoms with van der Waals surface area (Å²) < 4.78 is 13.4. The second-order valence-corrected chi connectivity index (χ2v) is 12.0. The molecule has 0 atom stereocenters. The first-order chi connectivity index (χ1) is 22.3. The summed E-state index contributed by atoms with van der Waals surface area (Å²) in [4.78, 5) is 0. The summed E-state index contributed by atoms with van der Waals surface area (Å²) in [6.07, 6.45) is 0. The van der Waals surface area contributed by atoms with Crippen molar-refractivity contribution in [2.45, 2.75) is 0 Å². The average molecular weight is 572 g/mol. The zero-order valence-corrected chi connectivity index (χ0v) is 24.3. The second kappa shape index (κ2) is 9.35. The smallest absolute Gasteiger partial charge is 0.260 e. The quantitative estimate of drug-likeness (QED) is 0.117. The van der Waals surface area contributed by atoms with Crippen LogP contribution in [0.15, 0.2) is 152 Å². The van der Waals surface area contributed by atoms with Crippen molar-refractivity contribution in [2.24, 2.45) is 0 Å². The first-order valence-electron chi connectivity index (χ1n) is 15.5. The van der Waals surface area contributed by atoms with Crippen molar-refractivity contribution in [1.29, 1.82) is 0 Å². The Balaban J connectivity index is 1.28. The molecule has 208 valence electrons. The summed E-state index contributed by atoms with van der Waals surface area (Å²) in [5.41, 5.74) is 8.05. The molecule has 0 bridgehead atoms. The minimum Gasteiger partial charge on any atom is -0.458 e. The third kappa shape index (κ3) is 3.52. The van der Waals surface area contributed by atoms with Gasteiger partial charge in [-0.05, 0) is 90.3 Å². The molecule has 0 aromatic heterocycles. The van der Waals surface area contributed by atoms with Crippen LogP contribution in [-0.4, -0.2) is 6.71 Å². The van der Waals surface area contributed by atoms with Crippen molar-refractivity contribution in [3.05, 3.63) is 152 Å². The van der Waals surface area contributed by atoms with Gasteiger partial charge in [-0.1, -0.05) is 121 Å². The molecule has 8 aromatic carbocycles. The van der Waals surface area contributed by atoms with E-state index < -0.39 is 0 Å². The standard InChI is InChI=1S/C42H25BO2/c1-3-13-28-26(11-1)21-22-32-34(28)25-27-12-2-4-14-29(27)40(32)31-16-6-5-15-30(31)33-23-24-39-41-42(33)45-38-20-10-8-18-36(38)43(41)35-17-7-9-19-37(35)44-39/h1-25H. The van der Waals surface area contributed by atoms with Gasteiger partial charge < -0.3 is 9.47 Å². The molecule has 0 N–H and O–H groups in total. The third-order valence-corrected chi connectivity index (χ3v) is 9.59. The number of fused-ring (bicyclic) bond motifs is 8. The van der Waals surface area contributed by atoms with Crippen LogP contribution in [0.3, 0.4) is 0 Å². The van der Waals surface area contributed by atoms with E-state index in [1.165, 1.54) is 54.4 Å². The van der Waals surface area contributed by atoms with Crippen molar-refractivity contribution in [2.75, 3.05) is 0 Å². The van der Waals surface area contributed by atoms with E-state index in [1.807, 2.05) is 6.07 Å². The molecule has 0 amide bonds. The molecule has 10 rings (SSSR count). The molecular formula is C42H25BO2. The van der Waals surface area contributed by atoms with Gasteiger partial charge in [0, 0.05) is 11.0 Å². The predicted molar refractivity (Wildman–Crippen MR) is 188 cm³/mol. The molecule has 0 fully saturated rings. The molecule has 0 saturated carbocycles. The Labute approximate surface area is 261 Å². The first-order valence-corrected chi connectivity index (χ1v) is 15.5. The van der Waals surface area contributed by atoms with Crippen LogP contribution in [0.25, 0.3) is 54.6 Å². The van der Waals surface area contributed by atoms with Gasteiger partial charge in [-0.2, -0.15) is 0 Å². The lowest BCUT2D eigenvalue weighted by atomic mass is 9.34. The van der Waals surface area contributed by atoms with E-state index in [9.17, 15) is 0 Å². The molecule has 2 heterocycles. The molecule has 2 nitrogen and oxygen atoms in total. The molecular weight excluding hydrogens is 547 g/mol. The van der Waals surface area contributed by atoms with E-state index in [4.69, 9.17) is 9.47 Å². The zero-order chi connectivity index (χ0) is 29.5. The van der Waals surface area contributed by atoms with Gasteiger partial charge in [-0.15, -0.1) is 0 Å². The van der Waals surface area contributed by atoms with Gasteiger partial charge in [0.15, 0.2) is 0 Å². The molecule has 0 spiro atoms. The fourth-order valence-corrected chi connectivity index (χ4v) is 7.64. The summed E-state index contributed by atoms with van der Waals surface area (Å²) in [6.45, 7) is 0.0294. The molecule has 0 aliphatic carbocycles. The van der Waals surface area contributed by atoms with Crippen LogP contribution in [0.4, 0.5) is 0 Å². The molecule has 2 aliphatic rings. The molecule has 0 saturated heterocycles. The van der Waals surface area contributed by atoms with Gasteiger partial charge >= 0.3 is 0 Å². The number of rotatable bonds is 2. The lowest BCUT2D eigenvalue weighted by Crippen LogP contribution is -2.57. The van der Waals surface area contributed by atoms with Crippen LogP contribution in [0, 0.1) is 0 Å². The normalized spacial score (nSPS) is 12.8. The van der Waals surface area contributed by atoms with E-state index in [1.54, 1.807) is 0 Å². The summed E-state index contributed by atoms with van der Waals surface area (Å²) in [5, 5.41) is 7.49. The summed E-state index contributed by atoms with van der Waals surface area (Å²) in [7, 11) is 0. The van der Waals surface area contributed by atoms with Crippen molar-refractivity contribution in [3.8, 4) is 45.3 Å². The topological polar surface area (TPSA) is 18.5 Å². The van der Waals surface area contributed by atoms with Gasteiger partial charge in [0.1, 0.15) is 23.0 Å². The van der Waals surface area contributed by atoms with Crippen LogP contribution in [0.5, 0.6) is 23.0 Å². The van der Waals surface area contributed by atoms with Crippen LogP contribution in [0.2, 0.25) is 0 Å². The SMILES string of the molecule is c1ccc2c(c1)Oc1ccc(-c3ccccc3-c3c4ccccc4cc4c3ccc3ccccc34)c3c1B2c1ccccc1O3. The van der Waals surface area contributed by atoms with Gasteiger partial charge in [-0.25, -0.2) is 0 Å². The molecule has 8 aromatic rings. The Morgan fingerprint density at radius 3 is 1.84 bits per heavy atom. The van der Waals surface area contributed by atoms with Gasteiger partial charge in [-0.3, -0.25) is 0 Å². The number of ether oxygens (including phenoxy) is 2. The third-order valence-electron chi connectivity index (χ3n) is 9.59. The van der Waals surface area contributed by atoms with Crippen molar-refractivity contribution < 1.29 is 9.47 Å². The van der Waals surface area contributed by atoms with Crippen LogP contribution in [0.1, 0.15) is 0 Å². The zero-order valence-electron chi connectivity index (χ0n) is 24.3. The monoisotopic (exact) mass is 572 g/mol. The molecule has 2 aliphatic heterocycles. The van der Waals surface area contributed by atoms with Crippen LogP contribution < -0.4 is 25.9 Å². The Morgan fingerprint density at radius 1 is 0.378 bits per heavy atom. The Bertz CT molecular complexity index is 2500. The van der Waals surface area contributed by atoms with E-state index in [2.05, 4.69) is 146 Å². The van der Waals surface area contributed by atoms with Gasteiger partial charge in [0.05, 0.1) is 0 Å². The maximum Gasteiger partial charge on any atom is 0.260 e. The van der Waals surface area contributed by atoms with Crippen molar-refractivity contribution in [3.63, 3.8) is 0 Å². The van der Waals surface area contributed by atoms with E-state index in [0.717, 1.165) is 39.6 Å². The summed E-state index contributed by atoms with van der Waals surface area (Å²) >= 11 is 0. The number of hydrogen-bond acceptors (Lipinski definition) is 2. The highest BCUT2D eigenvalue weighted by Crippen LogP contribution is 2.47. The average Bonchev–Trinajstić information content (AvgIpc) is 3.10. The predicted octanol–water partition coefficient (Wildman–Crippen LogP) is 9.21. The number of hydrogen-bond donors (Lipinski definition) is 0. The summed E-state index contributed by atoms with van der Waals surface area (Å²) in [5.74, 6) is 3.52. The first kappa shape index (κ1) is 24.6. The fraction of sp³-hybridized carbons (Fsp3) is 0. The molecule has 0 unspecified atom stereocenters. The second-order valence-electron chi connectivity index (χ2n) is 12.0. The maximum absolute atomic E-state index is 6.87. The Morgan fingerprint density at radius 2 is 1.02 bits per heavy atom. The van der Waals surface area contributed by atoms with Crippen molar-refractivity contribution in [1.82, 2.24) is 0 Å². The van der Waals surface area contributed by atoms with E-state index in [-0.39, 0.29) is 6.71 Å². The molecule has 3 heteroatoms. The Hall–Kier alpha value is -5.80. The fourth-order valence-electron chi connectivity index (χ4n) is 7.64. The van der Waals surface area contributed by atoms with Crippen LogP contribution in [-0.2, 0) is 0 Å². The highest BCUT2D eigenvalue weighted by atomic mass is 16.5. The highest BCUT2D eigenvalue weighted by molar-refractivity contribution is 6.98. The number of benzene rings is 8. The largest absolute Gasteiger partial charge is 0.458 e. The number of para-hydroxylation sites is 2. The van der Waals surface area contributed by atoms with E-state index in [0.29, 0.717) is 0 Å². The minimum atomic E-state index is 0.0294. The van der Waals surface area contributed by atoms with Crippen molar-refractivity contribution >= 4 is 55.4 Å². The molecule has 45 heavy (non-hydrogen) atoms. The Kier molecular flexibility index (Phi) is 5.12. The van der Waals surface area contributed by atoms with Gasteiger partial charge in [0.2, 0.25) is 0 Å². The highest BCUT2D eigenvalue weighted by Gasteiger charge is 2.41. The minimum absolute atomic E-state index is 0.0294. The van der Waals surface area contributed by atoms with Crippen LogP contribution >= 0.6 is 0 Å². The lowest BCUT2D eigenvalue weighted by molar-refractivity contribution is 0.465.